The number of nitrogens with zero attached hydrogens (tertiary/aromatic N) is 2. The van der Waals surface area contributed by atoms with E-state index in [0.29, 0.717) is 28.5 Å². The van der Waals surface area contributed by atoms with Crippen molar-refractivity contribution >= 4 is 67.1 Å². The number of methoxy groups -OCH3 is 1. The van der Waals surface area contributed by atoms with Crippen molar-refractivity contribution in [1.29, 1.82) is 0 Å². The molecule has 0 saturated carbocycles. The summed E-state index contributed by atoms with van der Waals surface area (Å²) in [5.41, 5.74) is 0.651. The van der Waals surface area contributed by atoms with Crippen molar-refractivity contribution in [3.8, 4) is 11.5 Å². The second kappa shape index (κ2) is 11.0. The van der Waals surface area contributed by atoms with Crippen LogP contribution in [-0.2, 0) is 16.5 Å². The van der Waals surface area contributed by atoms with Crippen LogP contribution in [0.3, 0.4) is 0 Å². The summed E-state index contributed by atoms with van der Waals surface area (Å²) in [4.78, 5) is 12.7. The molecule has 0 fully saturated rings. The Morgan fingerprint density at radius 1 is 1.05 bits per heavy atom. The monoisotopic (exact) mass is 573 g/mol. The Morgan fingerprint density at radius 2 is 1.79 bits per heavy atom. The number of anilines is 1. The van der Waals surface area contributed by atoms with Crippen molar-refractivity contribution in [3.63, 3.8) is 0 Å². The summed E-state index contributed by atoms with van der Waals surface area (Å²) in [6.45, 7) is 1.76. The first-order valence-corrected chi connectivity index (χ1v) is 13.3. The first kappa shape index (κ1) is 27.3. The molecule has 0 atom stereocenters. The molecule has 4 rings (SSSR count). The van der Waals surface area contributed by atoms with E-state index < -0.39 is 26.7 Å². The van der Waals surface area contributed by atoms with Crippen LogP contribution in [0.2, 0.25) is 10.0 Å². The average molecular weight is 574 g/mol. The highest BCUT2D eigenvalue weighted by atomic mass is 35.5. The minimum Gasteiger partial charge on any atom is -0.505 e. The van der Waals surface area contributed by atoms with E-state index in [2.05, 4.69) is 15.5 Å². The summed E-state index contributed by atoms with van der Waals surface area (Å²) < 4.78 is 38.4. The second-order valence-electron chi connectivity index (χ2n) is 8.09. The lowest BCUT2D eigenvalue weighted by atomic mass is 10.0. The van der Waals surface area contributed by atoms with E-state index in [9.17, 15) is 22.9 Å². The smallest absolute Gasteiger partial charge is 0.296 e. The van der Waals surface area contributed by atoms with Crippen LogP contribution in [-0.4, -0.2) is 31.1 Å². The molecule has 3 N–H and O–H groups in total. The minimum absolute atomic E-state index is 0.0219. The third kappa shape index (κ3) is 5.58. The Bertz CT molecular complexity index is 1710. The number of aryl methyl sites for hydroxylation is 1. The highest BCUT2D eigenvalue weighted by molar-refractivity contribution is 7.86. The third-order valence-electron chi connectivity index (χ3n) is 5.69. The van der Waals surface area contributed by atoms with Gasteiger partial charge in [0.15, 0.2) is 5.75 Å². The maximum Gasteiger partial charge on any atom is 0.296 e. The van der Waals surface area contributed by atoms with E-state index in [1.165, 1.54) is 25.3 Å². The molecule has 0 saturated heterocycles. The van der Waals surface area contributed by atoms with Gasteiger partial charge in [-0.25, -0.2) is 0 Å². The quantitative estimate of drug-likeness (QED) is 0.156. The van der Waals surface area contributed by atoms with Gasteiger partial charge in [0, 0.05) is 11.5 Å². The summed E-state index contributed by atoms with van der Waals surface area (Å²) in [6.07, 6.45) is 0.362. The average Bonchev–Trinajstić information content (AvgIpc) is 2.89. The standard InChI is InChI=1S/C26H21Cl2N3O6S/c1-3-14-10-16(12-22(23(14)28)38(34,35)36)30-31-24-18-7-5-4-6-15(18)11-19(25(24)32)26(33)29-21-13-17(37-2)8-9-20(21)27/h4-13,32H,3H2,1-2H3,(H,29,33)(H,34,35,36). The molecule has 12 heteroatoms. The highest BCUT2D eigenvalue weighted by Crippen LogP contribution is 2.40. The molecule has 0 radical (unpaired) electrons. The van der Waals surface area contributed by atoms with Crippen molar-refractivity contribution in [1.82, 2.24) is 0 Å². The molecule has 0 aliphatic rings. The molecular formula is C26H21Cl2N3O6S. The van der Waals surface area contributed by atoms with Crippen LogP contribution in [0.5, 0.6) is 11.5 Å². The van der Waals surface area contributed by atoms with Gasteiger partial charge in [-0.15, -0.1) is 5.11 Å². The number of azo groups is 1. The van der Waals surface area contributed by atoms with Crippen molar-refractivity contribution in [2.75, 3.05) is 12.4 Å². The number of carbonyl (C=O) groups is 1. The summed E-state index contributed by atoms with van der Waals surface area (Å²) in [5, 5.41) is 23.2. The highest BCUT2D eigenvalue weighted by Gasteiger charge is 2.21. The van der Waals surface area contributed by atoms with Crippen LogP contribution in [0.4, 0.5) is 17.1 Å². The van der Waals surface area contributed by atoms with Crippen LogP contribution < -0.4 is 10.1 Å². The van der Waals surface area contributed by atoms with Gasteiger partial charge >= 0.3 is 0 Å². The number of nitrogens with one attached hydrogen (secondary N) is 1. The minimum atomic E-state index is -4.63. The molecule has 196 valence electrons. The van der Waals surface area contributed by atoms with Gasteiger partial charge in [0.1, 0.15) is 16.3 Å². The lowest BCUT2D eigenvalue weighted by Gasteiger charge is -2.13. The fourth-order valence-electron chi connectivity index (χ4n) is 3.76. The zero-order valence-corrected chi connectivity index (χ0v) is 22.4. The molecule has 0 heterocycles. The lowest BCUT2D eigenvalue weighted by Crippen LogP contribution is -2.12. The van der Waals surface area contributed by atoms with E-state index in [-0.39, 0.29) is 32.7 Å². The molecule has 4 aromatic rings. The van der Waals surface area contributed by atoms with Gasteiger partial charge in [-0.05, 0) is 47.7 Å². The second-order valence-corrected chi connectivity index (χ2v) is 10.3. The molecule has 0 aliphatic carbocycles. The van der Waals surface area contributed by atoms with Crippen molar-refractivity contribution < 1.29 is 27.6 Å². The number of fused-ring (bicyclic) bond motifs is 1. The van der Waals surface area contributed by atoms with Crippen LogP contribution in [0.25, 0.3) is 10.8 Å². The van der Waals surface area contributed by atoms with Gasteiger partial charge in [0.25, 0.3) is 16.0 Å². The Labute approximate surface area is 228 Å². The Hall–Kier alpha value is -3.70. The fraction of sp³-hybridized carbons (Fsp3) is 0.115. The molecule has 0 aliphatic heterocycles. The number of hydrogen-bond donors (Lipinski definition) is 3. The number of phenolic OH excluding ortho intramolecular Hbond substituents is 1. The number of rotatable bonds is 7. The first-order chi connectivity index (χ1) is 18.0. The molecular weight excluding hydrogens is 553 g/mol. The van der Waals surface area contributed by atoms with Crippen molar-refractivity contribution in [3.05, 3.63) is 81.8 Å². The molecule has 0 bridgehead atoms. The van der Waals surface area contributed by atoms with Gasteiger partial charge in [0.05, 0.1) is 34.1 Å². The number of aromatic hydroxyl groups is 1. The number of carbonyl (C=O) groups excluding carboxylic acids is 1. The normalized spacial score (nSPS) is 11.7. The van der Waals surface area contributed by atoms with E-state index in [4.69, 9.17) is 27.9 Å². The van der Waals surface area contributed by atoms with Gasteiger partial charge in [-0.1, -0.05) is 54.4 Å². The first-order valence-electron chi connectivity index (χ1n) is 11.1. The topological polar surface area (TPSA) is 138 Å². The number of amides is 1. The van der Waals surface area contributed by atoms with E-state index in [0.717, 1.165) is 6.07 Å². The number of benzene rings is 4. The van der Waals surface area contributed by atoms with Crippen LogP contribution in [0.15, 0.2) is 75.8 Å². The molecule has 0 aromatic heterocycles. The Balaban J connectivity index is 1.82. The van der Waals surface area contributed by atoms with Crippen molar-refractivity contribution in [2.24, 2.45) is 10.2 Å². The number of phenols is 1. The summed E-state index contributed by atoms with van der Waals surface area (Å²) in [7, 11) is -3.15. The zero-order chi connectivity index (χ0) is 27.6. The SMILES string of the molecule is CCc1cc(N=Nc2c(O)c(C(=O)Nc3cc(OC)ccc3Cl)cc3ccccc23)cc(S(=O)(=O)O)c1Cl. The Kier molecular flexibility index (Phi) is 7.89. The van der Waals surface area contributed by atoms with Crippen molar-refractivity contribution in [2.45, 2.75) is 18.2 Å². The summed E-state index contributed by atoms with van der Waals surface area (Å²) in [5.74, 6) is -0.641. The number of hydrogen-bond acceptors (Lipinski definition) is 7. The Morgan fingerprint density at radius 3 is 2.47 bits per heavy atom. The van der Waals surface area contributed by atoms with Gasteiger partial charge in [0.2, 0.25) is 0 Å². The third-order valence-corrected chi connectivity index (χ3v) is 7.45. The summed E-state index contributed by atoms with van der Waals surface area (Å²) in [6, 6.07) is 15.7. The summed E-state index contributed by atoms with van der Waals surface area (Å²) >= 11 is 12.3. The largest absolute Gasteiger partial charge is 0.505 e. The van der Waals surface area contributed by atoms with Gasteiger partial charge in [-0.2, -0.15) is 13.5 Å². The predicted molar refractivity (Wildman–Crippen MR) is 146 cm³/mol. The maximum absolute atomic E-state index is 13.2. The van der Waals surface area contributed by atoms with E-state index in [1.54, 1.807) is 43.3 Å². The molecule has 1 amide bonds. The van der Waals surface area contributed by atoms with Gasteiger partial charge in [-0.3, -0.25) is 9.35 Å². The van der Waals surface area contributed by atoms with Crippen LogP contribution in [0.1, 0.15) is 22.8 Å². The molecule has 38 heavy (non-hydrogen) atoms. The number of halogens is 2. The molecule has 9 nitrogen and oxygen atoms in total. The number of ether oxygens (including phenoxy) is 1. The van der Waals surface area contributed by atoms with E-state index >= 15 is 0 Å². The molecule has 0 spiro atoms. The van der Waals surface area contributed by atoms with Crippen LogP contribution >= 0.6 is 23.2 Å². The van der Waals surface area contributed by atoms with Gasteiger partial charge < -0.3 is 15.2 Å². The lowest BCUT2D eigenvalue weighted by molar-refractivity contribution is 0.102. The van der Waals surface area contributed by atoms with Crippen LogP contribution in [0, 0.1) is 0 Å². The molecule has 4 aromatic carbocycles. The maximum atomic E-state index is 13.2. The van der Waals surface area contributed by atoms with E-state index in [1.807, 2.05) is 0 Å². The zero-order valence-electron chi connectivity index (χ0n) is 20.1. The fourth-order valence-corrected chi connectivity index (χ4v) is 5.09. The molecule has 0 unspecified atom stereocenters. The predicted octanol–water partition coefficient (Wildman–Crippen LogP) is 7.34.